The molecule has 3 aromatic carbocycles. The van der Waals surface area contributed by atoms with E-state index < -0.39 is 17.7 Å². The zero-order valence-corrected chi connectivity index (χ0v) is 28.1. The number of carbonyl (C=O) groups excluding carboxylic acids is 3. The van der Waals surface area contributed by atoms with Crippen LogP contribution in [0.15, 0.2) is 78.9 Å². The highest BCUT2D eigenvalue weighted by atomic mass is 16.6. The molecule has 3 aromatic rings. The summed E-state index contributed by atoms with van der Waals surface area (Å²) in [7, 11) is 0. The van der Waals surface area contributed by atoms with Gasteiger partial charge in [0.15, 0.2) is 6.23 Å². The smallest absolute Gasteiger partial charge is 0.410 e. The number of carbonyl (C=O) groups is 3. The maximum absolute atomic E-state index is 13.6. The van der Waals surface area contributed by atoms with Gasteiger partial charge in [-0.2, -0.15) is 0 Å². The molecule has 0 aromatic heterocycles. The number of urea groups is 1. The van der Waals surface area contributed by atoms with Gasteiger partial charge >= 0.3 is 12.1 Å². The first kappa shape index (κ1) is 34.0. The molecule has 2 heterocycles. The molecule has 0 spiro atoms. The van der Waals surface area contributed by atoms with Crippen LogP contribution in [0.1, 0.15) is 74.8 Å². The fourth-order valence-electron chi connectivity index (χ4n) is 6.49. The van der Waals surface area contributed by atoms with Crippen molar-refractivity contribution in [3.05, 3.63) is 101 Å². The van der Waals surface area contributed by atoms with E-state index in [0.717, 1.165) is 54.7 Å². The number of hydrogen-bond donors (Lipinski definition) is 1. The highest BCUT2D eigenvalue weighted by molar-refractivity contribution is 6.03. The van der Waals surface area contributed by atoms with E-state index in [2.05, 4.69) is 17.1 Å². The van der Waals surface area contributed by atoms with E-state index in [1.54, 1.807) is 4.90 Å². The summed E-state index contributed by atoms with van der Waals surface area (Å²) in [5.41, 5.74) is 3.52. The second-order valence-electron chi connectivity index (χ2n) is 12.7. The molecular weight excluding hydrogens is 592 g/mol. The summed E-state index contributed by atoms with van der Waals surface area (Å²) in [6.45, 7) is 11.8. The van der Waals surface area contributed by atoms with E-state index in [0.29, 0.717) is 31.7 Å². The molecule has 0 radical (unpaired) electrons. The van der Waals surface area contributed by atoms with Gasteiger partial charge in [-0.3, -0.25) is 9.69 Å². The highest BCUT2D eigenvalue weighted by Crippen LogP contribution is 2.46. The van der Waals surface area contributed by atoms with Crippen LogP contribution >= 0.6 is 0 Å². The number of amides is 4. The lowest BCUT2D eigenvalue weighted by atomic mass is 9.72. The van der Waals surface area contributed by atoms with E-state index in [4.69, 9.17) is 9.47 Å². The van der Waals surface area contributed by atoms with Crippen LogP contribution in [0, 0.1) is 12.3 Å². The molecule has 2 aliphatic rings. The first-order chi connectivity index (χ1) is 22.8. The Morgan fingerprint density at radius 2 is 1.53 bits per heavy atom. The summed E-state index contributed by atoms with van der Waals surface area (Å²) < 4.78 is 11.9. The monoisotopic (exact) mass is 640 g/mol. The van der Waals surface area contributed by atoms with Gasteiger partial charge in [0.2, 0.25) is 5.91 Å². The highest BCUT2D eigenvalue weighted by Gasteiger charge is 2.63. The predicted octanol–water partition coefficient (Wildman–Crippen LogP) is 7.05. The maximum atomic E-state index is 13.6. The van der Waals surface area contributed by atoms with Crippen molar-refractivity contribution in [1.82, 2.24) is 20.0 Å². The van der Waals surface area contributed by atoms with Gasteiger partial charge in [-0.15, -0.1) is 0 Å². The molecule has 47 heavy (non-hydrogen) atoms. The van der Waals surface area contributed by atoms with Crippen molar-refractivity contribution in [3.8, 4) is 5.75 Å². The fourth-order valence-corrected chi connectivity index (χ4v) is 6.49. The lowest BCUT2D eigenvalue weighted by Gasteiger charge is -2.53. The summed E-state index contributed by atoms with van der Waals surface area (Å²) >= 11 is 0. The average Bonchev–Trinajstić information content (AvgIpc) is 3.09. The number of benzene rings is 3. The SMILES string of the molecule is CCC[C@@H](NC(=O)N1C(=O)C(CC)(CC)[C@@H]1Oc1ccc(CN2CCN(C(=O)OCc3ccccc3)CC2)cc1)c1ccc(C)cc1. The zero-order valence-electron chi connectivity index (χ0n) is 28.1. The van der Waals surface area contributed by atoms with Crippen LogP contribution in [0.4, 0.5) is 9.59 Å². The van der Waals surface area contributed by atoms with Crippen LogP contribution in [0.3, 0.4) is 0 Å². The number of rotatable bonds is 12. The van der Waals surface area contributed by atoms with Crippen LogP contribution in [0.5, 0.6) is 5.75 Å². The van der Waals surface area contributed by atoms with E-state index in [-0.39, 0.29) is 24.6 Å². The Hall–Kier alpha value is -4.37. The van der Waals surface area contributed by atoms with Crippen molar-refractivity contribution in [2.75, 3.05) is 26.2 Å². The number of likely N-dealkylation sites (tertiary alicyclic amines) is 1. The quantitative estimate of drug-likeness (QED) is 0.213. The van der Waals surface area contributed by atoms with Gasteiger partial charge in [0, 0.05) is 32.7 Å². The van der Waals surface area contributed by atoms with Crippen LogP contribution in [-0.2, 0) is 22.7 Å². The Bertz CT molecular complexity index is 1480. The fraction of sp³-hybridized carbons (Fsp3) is 0.447. The van der Waals surface area contributed by atoms with Gasteiger partial charge in [-0.05, 0) is 55.0 Å². The first-order valence-corrected chi connectivity index (χ1v) is 16.9. The van der Waals surface area contributed by atoms with Gasteiger partial charge in [0.25, 0.3) is 0 Å². The molecule has 0 saturated carbocycles. The van der Waals surface area contributed by atoms with Crippen molar-refractivity contribution >= 4 is 18.0 Å². The van der Waals surface area contributed by atoms with E-state index in [9.17, 15) is 14.4 Å². The molecule has 2 atom stereocenters. The number of ether oxygens (including phenoxy) is 2. The molecule has 9 nitrogen and oxygen atoms in total. The first-order valence-electron chi connectivity index (χ1n) is 16.9. The number of β-lactam (4-membered cyclic amide) rings is 1. The summed E-state index contributed by atoms with van der Waals surface area (Å²) in [6, 6.07) is 25.1. The van der Waals surface area contributed by atoms with Crippen molar-refractivity contribution < 1.29 is 23.9 Å². The molecule has 0 bridgehead atoms. The van der Waals surface area contributed by atoms with Crippen molar-refractivity contribution in [3.63, 3.8) is 0 Å². The molecule has 1 N–H and O–H groups in total. The van der Waals surface area contributed by atoms with Gasteiger partial charge < -0.3 is 19.7 Å². The Morgan fingerprint density at radius 1 is 0.872 bits per heavy atom. The third-order valence-electron chi connectivity index (χ3n) is 9.60. The number of piperazine rings is 1. The minimum atomic E-state index is -0.748. The molecule has 2 saturated heterocycles. The van der Waals surface area contributed by atoms with Crippen molar-refractivity contribution in [1.29, 1.82) is 0 Å². The van der Waals surface area contributed by atoms with Crippen LogP contribution in [-0.4, -0.2) is 65.1 Å². The molecular formula is C38H48N4O5. The summed E-state index contributed by atoms with van der Waals surface area (Å²) in [6.07, 6.45) is 1.85. The molecule has 4 amide bonds. The minimum Gasteiger partial charge on any atom is -0.469 e. The van der Waals surface area contributed by atoms with E-state index in [1.165, 1.54) is 4.90 Å². The number of aryl methyl sites for hydroxylation is 1. The number of nitrogens with zero attached hydrogens (tertiary/aromatic N) is 3. The minimum absolute atomic E-state index is 0.191. The van der Waals surface area contributed by atoms with Gasteiger partial charge in [0.1, 0.15) is 17.8 Å². The number of imide groups is 1. The standard InChI is InChI=1S/C38H48N4O5/c1-5-11-33(31-18-14-28(4)15-19-31)39-36(44)42-34(43)38(6-2,7-3)35(42)47-32-20-16-29(17-21-32)26-40-22-24-41(25-23-40)37(45)46-27-30-12-9-8-10-13-30/h8-10,12-21,33,35H,5-7,11,22-27H2,1-4H3,(H,39,44)/t33-,35+/m1/s1. The molecule has 250 valence electrons. The Kier molecular flexibility index (Phi) is 11.2. The Balaban J connectivity index is 1.16. The van der Waals surface area contributed by atoms with Crippen LogP contribution in [0.25, 0.3) is 0 Å². The lowest BCUT2D eigenvalue weighted by molar-refractivity contribution is -0.191. The third-order valence-corrected chi connectivity index (χ3v) is 9.60. The van der Waals surface area contributed by atoms with Crippen LogP contribution < -0.4 is 10.1 Å². The van der Waals surface area contributed by atoms with E-state index >= 15 is 0 Å². The molecule has 5 rings (SSSR count). The lowest BCUT2D eigenvalue weighted by Crippen LogP contribution is -2.73. The second kappa shape index (κ2) is 15.5. The molecule has 2 fully saturated rings. The van der Waals surface area contributed by atoms with Gasteiger partial charge in [-0.1, -0.05) is 99.5 Å². The Morgan fingerprint density at radius 3 is 2.15 bits per heavy atom. The molecule has 0 unspecified atom stereocenters. The van der Waals surface area contributed by atoms with Gasteiger partial charge in [0.05, 0.1) is 6.04 Å². The Labute approximate surface area is 278 Å². The van der Waals surface area contributed by atoms with Crippen LogP contribution in [0.2, 0.25) is 0 Å². The maximum Gasteiger partial charge on any atom is 0.410 e. The van der Waals surface area contributed by atoms with Crippen molar-refractivity contribution in [2.24, 2.45) is 5.41 Å². The van der Waals surface area contributed by atoms with Crippen molar-refractivity contribution in [2.45, 2.75) is 78.8 Å². The number of hydrogen-bond acceptors (Lipinski definition) is 6. The predicted molar refractivity (Wildman–Crippen MR) is 182 cm³/mol. The normalized spacial score (nSPS) is 18.3. The largest absolute Gasteiger partial charge is 0.469 e. The summed E-state index contributed by atoms with van der Waals surface area (Å²) in [5.74, 6) is 0.425. The molecule has 9 heteroatoms. The molecule has 2 aliphatic heterocycles. The average molecular weight is 641 g/mol. The zero-order chi connectivity index (χ0) is 33.4. The summed E-state index contributed by atoms with van der Waals surface area (Å²) in [4.78, 5) is 45.0. The third kappa shape index (κ3) is 7.79. The summed E-state index contributed by atoms with van der Waals surface area (Å²) in [5, 5.41) is 3.12. The van der Waals surface area contributed by atoms with Gasteiger partial charge in [-0.25, -0.2) is 14.5 Å². The topological polar surface area (TPSA) is 91.4 Å². The second-order valence-corrected chi connectivity index (χ2v) is 12.7. The molecule has 0 aliphatic carbocycles. The van der Waals surface area contributed by atoms with E-state index in [1.807, 2.05) is 99.6 Å². The number of nitrogens with one attached hydrogen (secondary N) is 1.